The minimum atomic E-state index is 0.0142. The fourth-order valence-corrected chi connectivity index (χ4v) is 4.50. The van der Waals surface area contributed by atoms with Crippen LogP contribution < -0.4 is 5.43 Å². The third-order valence-electron chi connectivity index (χ3n) is 5.93. The Morgan fingerprint density at radius 1 is 1.29 bits per heavy atom. The van der Waals surface area contributed by atoms with Crippen LogP contribution in [0.2, 0.25) is 0 Å². The van der Waals surface area contributed by atoms with E-state index >= 15 is 0 Å². The summed E-state index contributed by atoms with van der Waals surface area (Å²) in [5, 5.41) is 16.2. The Bertz CT molecular complexity index is 829. The average molecular weight is 322 g/mol. The number of fused-ring (bicyclic) bond motifs is 2. The summed E-state index contributed by atoms with van der Waals surface area (Å²) in [6, 6.07) is 11.3. The van der Waals surface area contributed by atoms with Crippen LogP contribution in [-0.4, -0.2) is 17.2 Å². The number of hydrogen-bond donors (Lipinski definition) is 2. The third-order valence-corrected chi connectivity index (χ3v) is 5.93. The summed E-state index contributed by atoms with van der Waals surface area (Å²) in [6.45, 7) is 2.22. The number of rotatable bonds is 3. The van der Waals surface area contributed by atoms with Gasteiger partial charge in [-0.2, -0.15) is 5.10 Å². The van der Waals surface area contributed by atoms with Crippen molar-refractivity contribution >= 4 is 22.9 Å². The van der Waals surface area contributed by atoms with Gasteiger partial charge in [-0.05, 0) is 41.0 Å². The van der Waals surface area contributed by atoms with Crippen molar-refractivity contribution in [3.63, 3.8) is 0 Å². The van der Waals surface area contributed by atoms with Gasteiger partial charge in [0.1, 0.15) is 5.75 Å². The van der Waals surface area contributed by atoms with Gasteiger partial charge in [0.05, 0.1) is 6.21 Å². The summed E-state index contributed by atoms with van der Waals surface area (Å²) in [5.41, 5.74) is 3.50. The van der Waals surface area contributed by atoms with Gasteiger partial charge in [0, 0.05) is 11.5 Å². The normalized spacial score (nSPS) is 28.7. The van der Waals surface area contributed by atoms with Gasteiger partial charge in [-0.1, -0.05) is 50.1 Å². The summed E-state index contributed by atoms with van der Waals surface area (Å²) in [7, 11) is 0. The van der Waals surface area contributed by atoms with Gasteiger partial charge < -0.3 is 5.11 Å². The quantitative estimate of drug-likeness (QED) is 0.666. The Balaban J connectivity index is 1.51. The molecule has 0 heterocycles. The van der Waals surface area contributed by atoms with E-state index in [1.807, 2.05) is 30.3 Å². The highest BCUT2D eigenvalue weighted by Gasteiger charge is 2.64. The predicted octanol–water partition coefficient (Wildman–Crippen LogP) is 3.82. The van der Waals surface area contributed by atoms with Crippen LogP contribution >= 0.6 is 0 Å². The lowest BCUT2D eigenvalue weighted by atomic mass is 9.90. The number of hydrogen-bond acceptors (Lipinski definition) is 3. The van der Waals surface area contributed by atoms with Gasteiger partial charge >= 0.3 is 0 Å². The maximum absolute atomic E-state index is 12.4. The molecular formula is C20H22N2O2. The van der Waals surface area contributed by atoms with Crippen molar-refractivity contribution in [2.24, 2.45) is 22.4 Å². The summed E-state index contributed by atoms with van der Waals surface area (Å²) >= 11 is 0. The van der Waals surface area contributed by atoms with Crippen molar-refractivity contribution in [1.29, 1.82) is 0 Å². The smallest absolute Gasteiger partial charge is 0.244 e. The number of nitrogens with zero attached hydrogens (tertiary/aromatic N) is 1. The highest BCUT2D eigenvalue weighted by molar-refractivity contribution is 6.02. The summed E-state index contributed by atoms with van der Waals surface area (Å²) in [5.74, 6) is 0.796. The molecule has 0 bridgehead atoms. The summed E-state index contributed by atoms with van der Waals surface area (Å²) in [4.78, 5) is 12.4. The molecule has 3 atom stereocenters. The monoisotopic (exact) mass is 322 g/mol. The molecule has 1 amide bonds. The molecular weight excluding hydrogens is 300 g/mol. The number of nitrogens with one attached hydrogen (secondary N) is 1. The van der Waals surface area contributed by atoms with E-state index < -0.39 is 0 Å². The fraction of sp³-hybridized carbons (Fsp3) is 0.400. The lowest BCUT2D eigenvalue weighted by Gasteiger charge is -2.15. The molecule has 4 rings (SSSR count). The predicted molar refractivity (Wildman–Crippen MR) is 94.9 cm³/mol. The maximum atomic E-state index is 12.4. The van der Waals surface area contributed by atoms with E-state index in [1.165, 1.54) is 12.8 Å². The van der Waals surface area contributed by atoms with Gasteiger partial charge in [-0.25, -0.2) is 5.43 Å². The van der Waals surface area contributed by atoms with E-state index in [1.54, 1.807) is 12.3 Å². The van der Waals surface area contributed by atoms with E-state index in [2.05, 4.69) is 17.5 Å². The molecule has 2 aromatic carbocycles. The molecule has 2 saturated carbocycles. The number of amides is 1. The lowest BCUT2D eigenvalue weighted by Crippen LogP contribution is -2.22. The molecule has 2 aliphatic rings. The SMILES string of the molecule is CC12CCCCC1C2C(=O)NN=Cc1c(O)ccc2ccccc12. The van der Waals surface area contributed by atoms with Crippen LogP contribution in [0.3, 0.4) is 0 Å². The number of carbonyl (C=O) groups excluding carboxylic acids is 1. The lowest BCUT2D eigenvalue weighted by molar-refractivity contribution is -0.123. The Kier molecular flexibility index (Phi) is 3.56. The maximum Gasteiger partial charge on any atom is 0.244 e. The van der Waals surface area contributed by atoms with Crippen molar-refractivity contribution in [2.45, 2.75) is 32.6 Å². The van der Waals surface area contributed by atoms with Gasteiger partial charge in [0.15, 0.2) is 0 Å². The van der Waals surface area contributed by atoms with Crippen LogP contribution in [0, 0.1) is 17.3 Å². The molecule has 2 aliphatic carbocycles. The van der Waals surface area contributed by atoms with Crippen LogP contribution in [0.25, 0.3) is 10.8 Å². The van der Waals surface area contributed by atoms with E-state index in [9.17, 15) is 9.90 Å². The van der Waals surface area contributed by atoms with Crippen molar-refractivity contribution in [2.75, 3.05) is 0 Å². The number of hydrazone groups is 1. The first-order chi connectivity index (χ1) is 11.6. The summed E-state index contributed by atoms with van der Waals surface area (Å²) in [6.07, 6.45) is 6.30. The second-order valence-corrected chi connectivity index (χ2v) is 7.29. The third kappa shape index (κ3) is 2.37. The fourth-order valence-electron chi connectivity index (χ4n) is 4.50. The van der Waals surface area contributed by atoms with Crippen molar-refractivity contribution in [1.82, 2.24) is 5.43 Å². The molecule has 0 saturated heterocycles. The standard InChI is InChI=1S/C20H22N2O2/c1-20-11-5-4-8-16(20)18(20)19(24)22-21-12-15-14-7-3-2-6-13(14)9-10-17(15)23/h2-3,6-7,9-10,12,16,18,23H,4-5,8,11H2,1H3,(H,22,24). The Morgan fingerprint density at radius 2 is 2.12 bits per heavy atom. The van der Waals surface area contributed by atoms with Crippen molar-refractivity contribution < 1.29 is 9.90 Å². The van der Waals surface area contributed by atoms with Crippen LogP contribution in [0.15, 0.2) is 41.5 Å². The van der Waals surface area contributed by atoms with E-state index in [4.69, 9.17) is 0 Å². The number of carbonyl (C=O) groups is 1. The highest BCUT2D eigenvalue weighted by atomic mass is 16.3. The Hall–Kier alpha value is -2.36. The molecule has 0 radical (unpaired) electrons. The average Bonchev–Trinajstić information content (AvgIpc) is 3.22. The van der Waals surface area contributed by atoms with Crippen LogP contribution in [0.1, 0.15) is 38.2 Å². The largest absolute Gasteiger partial charge is 0.507 e. The first-order valence-electron chi connectivity index (χ1n) is 8.65. The zero-order chi connectivity index (χ0) is 16.7. The number of phenolic OH excluding ortho intramolecular Hbond substituents is 1. The van der Waals surface area contributed by atoms with Crippen molar-refractivity contribution in [3.8, 4) is 5.75 Å². The second-order valence-electron chi connectivity index (χ2n) is 7.29. The molecule has 2 fully saturated rings. The van der Waals surface area contributed by atoms with Crippen LogP contribution in [-0.2, 0) is 4.79 Å². The zero-order valence-electron chi connectivity index (χ0n) is 13.8. The minimum absolute atomic E-state index is 0.0142. The molecule has 2 N–H and O–H groups in total. The van der Waals surface area contributed by atoms with Crippen LogP contribution in [0.4, 0.5) is 0 Å². The van der Waals surface area contributed by atoms with Gasteiger partial charge in [0.2, 0.25) is 5.91 Å². The van der Waals surface area contributed by atoms with E-state index in [0.717, 1.165) is 23.6 Å². The van der Waals surface area contributed by atoms with Gasteiger partial charge in [-0.15, -0.1) is 0 Å². The molecule has 3 unspecified atom stereocenters. The Labute approximate surface area is 141 Å². The molecule has 2 aromatic rings. The zero-order valence-corrected chi connectivity index (χ0v) is 13.8. The molecule has 0 aliphatic heterocycles. The first-order valence-corrected chi connectivity index (χ1v) is 8.65. The van der Waals surface area contributed by atoms with E-state index in [0.29, 0.717) is 11.5 Å². The van der Waals surface area contributed by atoms with Crippen molar-refractivity contribution in [3.05, 3.63) is 42.0 Å². The minimum Gasteiger partial charge on any atom is -0.507 e. The number of phenols is 1. The number of aromatic hydroxyl groups is 1. The molecule has 4 heteroatoms. The summed E-state index contributed by atoms with van der Waals surface area (Å²) < 4.78 is 0. The van der Waals surface area contributed by atoms with Gasteiger partial charge in [-0.3, -0.25) is 4.79 Å². The topological polar surface area (TPSA) is 61.7 Å². The highest BCUT2D eigenvalue weighted by Crippen LogP contribution is 2.66. The van der Waals surface area contributed by atoms with Crippen LogP contribution in [0.5, 0.6) is 5.75 Å². The Morgan fingerprint density at radius 3 is 2.92 bits per heavy atom. The van der Waals surface area contributed by atoms with E-state index in [-0.39, 0.29) is 23.0 Å². The number of benzene rings is 2. The first kappa shape index (κ1) is 15.2. The molecule has 124 valence electrons. The van der Waals surface area contributed by atoms with Gasteiger partial charge in [0.25, 0.3) is 0 Å². The second kappa shape index (κ2) is 5.62. The molecule has 0 aromatic heterocycles. The molecule has 24 heavy (non-hydrogen) atoms. The molecule has 0 spiro atoms. The molecule has 4 nitrogen and oxygen atoms in total.